The predicted octanol–water partition coefficient (Wildman–Crippen LogP) is 13.6. The second-order valence-electron chi connectivity index (χ2n) is 20.2. The fraction of sp³-hybridized carbons (Fsp3) is 0. The Morgan fingerprint density at radius 3 is 1.19 bits per heavy atom. The summed E-state index contributed by atoms with van der Waals surface area (Å²) in [5.74, 6) is 1.71. The van der Waals surface area contributed by atoms with Crippen LogP contribution in [0.2, 0.25) is 0 Å². The molecule has 0 fully saturated rings. The van der Waals surface area contributed by atoms with Crippen LogP contribution in [0.5, 0.6) is 11.5 Å². The lowest BCUT2D eigenvalue weighted by Crippen LogP contribution is -2.69. The summed E-state index contributed by atoms with van der Waals surface area (Å²) in [4.78, 5) is 7.70. The highest BCUT2D eigenvalue weighted by molar-refractivity contribution is 7.05. The molecule has 0 aliphatic carbocycles. The maximum Gasteiger partial charge on any atom is 0.252 e. The van der Waals surface area contributed by atoms with E-state index in [0.717, 1.165) is 123 Å². The number of fused-ring (bicyclic) bond motifs is 12. The van der Waals surface area contributed by atoms with Crippen LogP contribution in [0.25, 0.3) is 66.1 Å². The zero-order valence-corrected chi connectivity index (χ0v) is 39.6. The first-order valence-electron chi connectivity index (χ1n) is 25.5. The largest absolute Gasteiger partial charge is 0.455 e. The molecule has 0 unspecified atom stereocenters. The van der Waals surface area contributed by atoms with E-state index in [1.54, 1.807) is 0 Å². The molecule has 0 N–H and O–H groups in total. The molecule has 0 bridgehead atoms. The van der Waals surface area contributed by atoms with Crippen molar-refractivity contribution in [3.63, 3.8) is 0 Å². The molecule has 340 valence electrons. The van der Waals surface area contributed by atoms with Crippen molar-refractivity contribution in [2.75, 3.05) is 14.7 Å². The molecule has 7 heterocycles. The first kappa shape index (κ1) is 39.0. The maximum atomic E-state index is 7.21. The number of benzene rings is 11. The molecular weight excluding hydrogens is 904 g/mol. The van der Waals surface area contributed by atoms with Gasteiger partial charge in [0.25, 0.3) is 13.4 Å². The minimum absolute atomic E-state index is 0.185. The van der Waals surface area contributed by atoms with E-state index in [1.165, 1.54) is 38.5 Å². The number of rotatable bonds is 4. The zero-order chi connectivity index (χ0) is 47.9. The fourth-order valence-electron chi connectivity index (χ4n) is 13.8. The lowest BCUT2D eigenvalue weighted by molar-refractivity contribution is 0.478. The second-order valence-corrected chi connectivity index (χ2v) is 20.2. The quantitative estimate of drug-likeness (QED) is 0.164. The molecule has 8 heteroatoms. The molecule has 5 aliphatic rings. The van der Waals surface area contributed by atoms with Crippen LogP contribution in [0, 0.1) is 0 Å². The van der Waals surface area contributed by atoms with Gasteiger partial charge in [0.15, 0.2) is 11.5 Å². The molecule has 18 rings (SSSR count). The lowest BCUT2D eigenvalue weighted by atomic mass is 9.28. The predicted molar refractivity (Wildman–Crippen MR) is 305 cm³/mol. The van der Waals surface area contributed by atoms with Crippen molar-refractivity contribution in [2.45, 2.75) is 0 Å². The maximum absolute atomic E-state index is 7.21. The van der Waals surface area contributed by atoms with Crippen LogP contribution in [-0.2, 0) is 0 Å². The van der Waals surface area contributed by atoms with Crippen molar-refractivity contribution in [1.82, 2.24) is 0 Å². The fourth-order valence-corrected chi connectivity index (χ4v) is 13.8. The van der Waals surface area contributed by atoms with Gasteiger partial charge in [-0.25, -0.2) is 0 Å². The minimum atomic E-state index is -0.185. The van der Waals surface area contributed by atoms with Crippen LogP contribution < -0.4 is 52.2 Å². The molecule has 0 radical (unpaired) electrons. The van der Waals surface area contributed by atoms with Crippen LogP contribution >= 0.6 is 0 Å². The highest BCUT2D eigenvalue weighted by atomic mass is 16.5. The van der Waals surface area contributed by atoms with Crippen molar-refractivity contribution in [1.29, 1.82) is 0 Å². The highest BCUT2D eigenvalue weighted by Crippen LogP contribution is 2.58. The summed E-state index contributed by atoms with van der Waals surface area (Å²) in [7, 11) is 0. The lowest BCUT2D eigenvalue weighted by Gasteiger charge is -2.52. The topological polar surface area (TPSA) is 45.2 Å². The van der Waals surface area contributed by atoms with E-state index in [2.05, 4.69) is 239 Å². The first-order chi connectivity index (χ1) is 36.8. The molecule has 0 saturated carbocycles. The number of hydrogen-bond donors (Lipinski definition) is 0. The third-order valence-electron chi connectivity index (χ3n) is 16.5. The van der Waals surface area contributed by atoms with Crippen molar-refractivity contribution >= 4 is 141 Å². The summed E-state index contributed by atoms with van der Waals surface area (Å²) in [5.41, 5.74) is 25.2. The summed E-state index contributed by atoms with van der Waals surface area (Å²) in [6.45, 7) is -0.371. The van der Waals surface area contributed by atoms with E-state index in [4.69, 9.17) is 13.6 Å². The van der Waals surface area contributed by atoms with Gasteiger partial charge in [0.2, 0.25) is 0 Å². The summed E-state index contributed by atoms with van der Waals surface area (Å²) in [6.07, 6.45) is 0. The molecule has 74 heavy (non-hydrogen) atoms. The standard InChI is InChI=1S/C66H37B2N3O3/c1-5-19-38(20-6-1)56-62-48(35-44-42-27-13-15-31-52(42)73-65(44)56)67-46-29-17-33-54-60(46)71-61-47(30-18-34-55(61)72-54)68-49-36-45-43-28-14-16-32-53(43)74-66(45)57(39-21-7-2-8-22-39)63(49)70(41-25-11-4-12-26-41)51-37-50(58(67)64(71)59(51)68)69(62)40-23-9-3-10-24-40/h1-37H. The van der Waals surface area contributed by atoms with Gasteiger partial charge >= 0.3 is 0 Å². The van der Waals surface area contributed by atoms with Crippen LogP contribution in [0.15, 0.2) is 233 Å². The first-order valence-corrected chi connectivity index (χ1v) is 25.5. The van der Waals surface area contributed by atoms with Gasteiger partial charge in [0, 0.05) is 61.1 Å². The van der Waals surface area contributed by atoms with Crippen LogP contribution in [0.4, 0.5) is 51.2 Å². The van der Waals surface area contributed by atoms with Crippen LogP contribution in [0.3, 0.4) is 0 Å². The molecule has 0 spiro atoms. The second kappa shape index (κ2) is 14.1. The molecule has 6 nitrogen and oxygen atoms in total. The summed E-state index contributed by atoms with van der Waals surface area (Å²) in [6, 6.07) is 81.4. The van der Waals surface area contributed by atoms with Crippen molar-refractivity contribution in [2.24, 2.45) is 0 Å². The van der Waals surface area contributed by atoms with Crippen molar-refractivity contribution in [3.8, 4) is 33.8 Å². The van der Waals surface area contributed by atoms with E-state index in [1.807, 2.05) is 0 Å². The van der Waals surface area contributed by atoms with E-state index >= 15 is 0 Å². The van der Waals surface area contributed by atoms with Gasteiger partial charge in [-0.2, -0.15) is 0 Å². The Balaban J connectivity index is 1.07. The third-order valence-corrected chi connectivity index (χ3v) is 16.5. The Bertz CT molecular complexity index is 4320. The van der Waals surface area contributed by atoms with Crippen LogP contribution in [0.1, 0.15) is 0 Å². The van der Waals surface area contributed by atoms with E-state index in [9.17, 15) is 0 Å². The van der Waals surface area contributed by atoms with E-state index in [-0.39, 0.29) is 13.4 Å². The van der Waals surface area contributed by atoms with Gasteiger partial charge in [0.1, 0.15) is 22.3 Å². The van der Waals surface area contributed by atoms with E-state index < -0.39 is 0 Å². The Labute approximate surface area is 425 Å². The Hall–Kier alpha value is -9.65. The summed E-state index contributed by atoms with van der Waals surface area (Å²) in [5, 5.41) is 4.40. The number of nitrogens with zero attached hydrogens (tertiary/aromatic N) is 3. The Kier molecular flexibility index (Phi) is 7.41. The molecule has 11 aromatic carbocycles. The average Bonchev–Trinajstić information content (AvgIpc) is 4.09. The molecule has 0 saturated heterocycles. The van der Waals surface area contributed by atoms with Gasteiger partial charge in [0.05, 0.1) is 22.7 Å². The molecule has 0 atom stereocenters. The van der Waals surface area contributed by atoms with Gasteiger partial charge in [-0.15, -0.1) is 0 Å². The van der Waals surface area contributed by atoms with Crippen LogP contribution in [-0.4, -0.2) is 13.4 Å². The third kappa shape index (κ3) is 4.83. The van der Waals surface area contributed by atoms with Crippen molar-refractivity contribution < 1.29 is 13.6 Å². The summed E-state index contributed by atoms with van der Waals surface area (Å²) < 4.78 is 21.4. The Morgan fingerprint density at radius 1 is 0.311 bits per heavy atom. The molecule has 5 aliphatic heterocycles. The Morgan fingerprint density at radius 2 is 0.730 bits per heavy atom. The van der Waals surface area contributed by atoms with Gasteiger partial charge in [-0.3, -0.25) is 0 Å². The number of anilines is 9. The molecule has 2 aromatic heterocycles. The molecule has 0 amide bonds. The van der Waals surface area contributed by atoms with Gasteiger partial charge < -0.3 is 28.3 Å². The average molecular weight is 942 g/mol. The zero-order valence-electron chi connectivity index (χ0n) is 39.6. The van der Waals surface area contributed by atoms with Gasteiger partial charge in [-0.05, 0) is 98.5 Å². The minimum Gasteiger partial charge on any atom is -0.455 e. The smallest absolute Gasteiger partial charge is 0.252 e. The normalized spacial score (nSPS) is 13.9. The van der Waals surface area contributed by atoms with Crippen molar-refractivity contribution in [3.05, 3.63) is 224 Å². The molecule has 13 aromatic rings. The highest BCUT2D eigenvalue weighted by Gasteiger charge is 2.55. The summed E-state index contributed by atoms with van der Waals surface area (Å²) >= 11 is 0. The number of ether oxygens (including phenoxy) is 1. The molecular formula is C66H37B2N3O3. The van der Waals surface area contributed by atoms with E-state index in [0.29, 0.717) is 0 Å². The number of hydrogen-bond acceptors (Lipinski definition) is 6. The monoisotopic (exact) mass is 941 g/mol. The number of para-hydroxylation sites is 6. The SMILES string of the molecule is c1ccc(-c2c3c(cc4c2oc2ccccc24)B2c4cccc5c4N4c6c(cccc6B6c7cc8c(oc9ccccc98)c(-c8ccccc8)c7N(c7ccccc7)c7cc(c2c4c76)N3c2ccccc2)O5)cc1. The number of furan rings is 2. The van der Waals surface area contributed by atoms with Gasteiger partial charge in [-0.1, -0.05) is 170 Å².